The van der Waals surface area contributed by atoms with Crippen molar-refractivity contribution in [1.82, 2.24) is 0 Å². The van der Waals surface area contributed by atoms with Gasteiger partial charge in [0.2, 0.25) is 0 Å². The van der Waals surface area contributed by atoms with Gasteiger partial charge in [-0.2, -0.15) is 0 Å². The molecule has 0 spiro atoms. The minimum Gasteiger partial charge on any atom is -0.0622 e. The standard InChI is InChI=1S/C6H5/c1-2-4-6-5-3-1/h1-5H/i6+2. The number of hydrogen-bond donors (Lipinski definition) is 0. The highest BCUT2D eigenvalue weighted by atomic mass is 14.6. The van der Waals surface area contributed by atoms with Crippen LogP contribution in [-0.4, -0.2) is 0 Å². The monoisotopic (exact) mass is 79.0 g/mol. The second kappa shape index (κ2) is 1.61. The summed E-state index contributed by atoms with van der Waals surface area (Å²) in [7, 11) is 0. The zero-order chi connectivity index (χ0) is 4.24. The Kier molecular flexibility index (Phi) is 0.913. The molecule has 0 N–H and O–H groups in total. The maximum Gasteiger partial charge on any atom is -0.0184 e. The molecule has 0 heteroatoms. The van der Waals surface area contributed by atoms with Crippen molar-refractivity contribution >= 4 is 0 Å². The molecule has 0 fully saturated rings. The molecule has 0 amide bonds. The van der Waals surface area contributed by atoms with Gasteiger partial charge in [0.05, 0.1) is 0 Å². The van der Waals surface area contributed by atoms with Crippen molar-refractivity contribution in [2.45, 2.75) is 0 Å². The van der Waals surface area contributed by atoms with E-state index in [0.29, 0.717) is 0 Å². The molecule has 1 aromatic carbocycles. The fourth-order valence-corrected chi connectivity index (χ4v) is 0.342. The highest BCUT2D eigenvalue weighted by molar-refractivity contribution is 4.97. The van der Waals surface area contributed by atoms with Crippen LogP contribution < -0.4 is 0 Å². The number of benzene rings is 1. The van der Waals surface area contributed by atoms with Gasteiger partial charge >= 0.3 is 0 Å². The first-order chi connectivity index (χ1) is 3.00. The van der Waals surface area contributed by atoms with Crippen molar-refractivity contribution < 1.29 is 0 Å². The van der Waals surface area contributed by atoms with Crippen molar-refractivity contribution in [2.24, 2.45) is 0 Å². The normalized spacial score (nSPS) is 8.00. The third-order valence-corrected chi connectivity index (χ3v) is 0.607. The minimum absolute atomic E-state index is 1.88. The Morgan fingerprint density at radius 3 is 1.67 bits per heavy atom. The number of hydrogen-bond acceptors (Lipinski definition) is 0. The molecule has 0 unspecified atom stereocenters. The molecule has 0 aliphatic carbocycles. The zero-order valence-corrected chi connectivity index (χ0v) is 3.39. The van der Waals surface area contributed by atoms with E-state index in [9.17, 15) is 0 Å². The van der Waals surface area contributed by atoms with Gasteiger partial charge in [-0.25, -0.2) is 0 Å². The van der Waals surface area contributed by atoms with Gasteiger partial charge in [0, 0.05) is 0 Å². The van der Waals surface area contributed by atoms with Crippen LogP contribution in [0.2, 0.25) is 0 Å². The van der Waals surface area contributed by atoms with Crippen LogP contribution in [-0.2, 0) is 0 Å². The average molecular weight is 79.1 g/mol. The first-order valence-electron chi connectivity index (χ1n) is 1.91. The maximum atomic E-state index is 2.89. The molecule has 1 rings (SSSR count). The Morgan fingerprint density at radius 2 is 1.50 bits per heavy atom. The summed E-state index contributed by atoms with van der Waals surface area (Å²) < 4.78 is 0. The van der Waals surface area contributed by atoms with Crippen molar-refractivity contribution in [3.05, 3.63) is 36.4 Å². The smallest absolute Gasteiger partial charge is 0.0184 e. The van der Waals surface area contributed by atoms with Gasteiger partial charge in [-0.15, -0.1) is 0 Å². The molecular formula is C6H5. The molecule has 0 aliphatic heterocycles. The lowest BCUT2D eigenvalue weighted by molar-refractivity contribution is 1.70. The Labute approximate surface area is 37.4 Å². The van der Waals surface area contributed by atoms with Gasteiger partial charge in [0.25, 0.3) is 0 Å². The van der Waals surface area contributed by atoms with Crippen LogP contribution in [0, 0.1) is 6.07 Å². The Morgan fingerprint density at radius 1 is 0.833 bits per heavy atom. The Balaban J connectivity index is 3.00. The summed E-state index contributed by atoms with van der Waals surface area (Å²) in [6.45, 7) is 0. The van der Waals surface area contributed by atoms with Gasteiger partial charge in [0.15, 0.2) is 0 Å². The van der Waals surface area contributed by atoms with Crippen molar-refractivity contribution in [2.75, 3.05) is 0 Å². The molecular weight excluding hydrogens is 74.1 g/mol. The fraction of sp³-hybridized carbons (Fsp3) is 0. The lowest BCUT2D eigenvalue weighted by Gasteiger charge is -1.68. The van der Waals surface area contributed by atoms with Crippen LogP contribution in [0.3, 0.4) is 0 Å². The minimum atomic E-state index is 1.88. The summed E-state index contributed by atoms with van der Waals surface area (Å²) in [5.74, 6) is 0. The molecule has 0 aliphatic rings. The lowest BCUT2D eigenvalue weighted by Crippen LogP contribution is -1.49. The van der Waals surface area contributed by atoms with Gasteiger partial charge in [-0.3, -0.25) is 0 Å². The topological polar surface area (TPSA) is 0 Å². The van der Waals surface area contributed by atoms with E-state index in [-0.39, 0.29) is 0 Å². The van der Waals surface area contributed by atoms with E-state index < -0.39 is 0 Å². The summed E-state index contributed by atoms with van der Waals surface area (Å²) in [6.07, 6.45) is 0. The Bertz CT molecular complexity index is 72.0. The van der Waals surface area contributed by atoms with Crippen LogP contribution in [0.4, 0.5) is 0 Å². The SMILES string of the molecule is c1cc[14c]cc1. The van der Waals surface area contributed by atoms with E-state index in [1.54, 1.807) is 0 Å². The first-order valence-corrected chi connectivity index (χ1v) is 1.91. The highest BCUT2D eigenvalue weighted by Crippen LogP contribution is 1.78. The molecule has 0 saturated carbocycles. The second-order valence-corrected chi connectivity index (χ2v) is 1.08. The number of rotatable bonds is 0. The molecule has 0 bridgehead atoms. The predicted octanol–water partition coefficient (Wildman–Crippen LogP) is 1.49. The summed E-state index contributed by atoms with van der Waals surface area (Å²) in [5.41, 5.74) is 0. The van der Waals surface area contributed by atoms with Crippen LogP contribution in [0.1, 0.15) is 0 Å². The maximum absolute atomic E-state index is 2.89. The molecule has 29 valence electrons. The van der Waals surface area contributed by atoms with E-state index >= 15 is 0 Å². The average Bonchev–Trinajstić information content (AvgIpc) is 1.72. The predicted molar refractivity (Wildman–Crippen MR) is 25.3 cm³/mol. The molecule has 0 nitrogen and oxygen atoms in total. The quantitative estimate of drug-likeness (QED) is 0.442. The van der Waals surface area contributed by atoms with E-state index in [4.69, 9.17) is 0 Å². The third-order valence-electron chi connectivity index (χ3n) is 0.607. The third kappa shape index (κ3) is 0.582. The molecule has 0 saturated heterocycles. The summed E-state index contributed by atoms with van der Waals surface area (Å²) in [6, 6.07) is 12.5. The van der Waals surface area contributed by atoms with Gasteiger partial charge in [-0.05, 0) is 6.07 Å². The molecule has 1 aromatic rings. The van der Waals surface area contributed by atoms with Crippen molar-refractivity contribution in [3.63, 3.8) is 0 Å². The highest BCUT2D eigenvalue weighted by Gasteiger charge is 1.58. The van der Waals surface area contributed by atoms with E-state index in [1.165, 1.54) is 0 Å². The van der Waals surface area contributed by atoms with Crippen LogP contribution in [0.5, 0.6) is 0 Å². The Hall–Kier alpha value is -0.780. The van der Waals surface area contributed by atoms with Gasteiger partial charge in [0.1, 0.15) is 0 Å². The van der Waals surface area contributed by atoms with Crippen molar-refractivity contribution in [1.29, 1.82) is 0 Å². The molecule has 0 heterocycles. The van der Waals surface area contributed by atoms with Crippen LogP contribution >= 0.6 is 0 Å². The molecule has 0 atom stereocenters. The van der Waals surface area contributed by atoms with Crippen molar-refractivity contribution in [3.8, 4) is 0 Å². The summed E-state index contributed by atoms with van der Waals surface area (Å²) in [5, 5.41) is 0. The molecule has 6 heavy (non-hydrogen) atoms. The van der Waals surface area contributed by atoms with E-state index in [0.717, 1.165) is 0 Å². The van der Waals surface area contributed by atoms with Gasteiger partial charge < -0.3 is 0 Å². The molecule has 1 radical (unpaired) electrons. The molecule has 0 aromatic heterocycles. The van der Waals surface area contributed by atoms with E-state index in [2.05, 4.69) is 6.07 Å². The van der Waals surface area contributed by atoms with Crippen LogP contribution in [0.15, 0.2) is 30.3 Å². The largest absolute Gasteiger partial charge is 0.0622 e. The van der Waals surface area contributed by atoms with Crippen LogP contribution in [0.25, 0.3) is 0 Å². The van der Waals surface area contributed by atoms with E-state index in [1.807, 2.05) is 30.3 Å². The van der Waals surface area contributed by atoms with Gasteiger partial charge in [-0.1, -0.05) is 30.3 Å². The lowest BCUT2D eigenvalue weighted by atomic mass is 10.5. The second-order valence-electron chi connectivity index (χ2n) is 1.08. The fourth-order valence-electron chi connectivity index (χ4n) is 0.342. The summed E-state index contributed by atoms with van der Waals surface area (Å²) in [4.78, 5) is 0. The zero-order valence-electron chi connectivity index (χ0n) is 3.39. The summed E-state index contributed by atoms with van der Waals surface area (Å²) >= 11 is 0. The first kappa shape index (κ1) is 3.41.